The molecule has 3 atom stereocenters. The molecular formula is C26H50W2. The Hall–Kier alpha value is 0.597. The van der Waals surface area contributed by atoms with Crippen molar-refractivity contribution in [3.63, 3.8) is 0 Å². The van der Waals surface area contributed by atoms with Gasteiger partial charge in [0, 0.05) is 0 Å². The van der Waals surface area contributed by atoms with Crippen molar-refractivity contribution in [3.05, 3.63) is 62.1 Å². The average Bonchev–Trinajstić information content (AvgIpc) is 2.65. The van der Waals surface area contributed by atoms with Crippen LogP contribution in [-0.4, -0.2) is 0 Å². The molecule has 0 aliphatic carbocycles. The van der Waals surface area contributed by atoms with Crippen molar-refractivity contribution >= 4 is 0 Å². The molecule has 0 aliphatic rings. The fourth-order valence-corrected chi connectivity index (χ4v) is 1.76. The Kier molecular flexibility index (Phi) is 49.2. The number of hydrogen-bond acceptors (Lipinski definition) is 0. The molecule has 1 aromatic carbocycles. The minimum atomic E-state index is 0. The molecule has 0 amide bonds. The van der Waals surface area contributed by atoms with E-state index in [0.29, 0.717) is 0 Å². The standard InChI is InChI=1S/C9H18.C8H10.C6H13.C2H6.CH3.2W/c1-5-8(3)7-9(4)6-2;1-7-5-3-4-6-8(7)2;1-4-6(3)5-2;1-2;;;/h5-6,8-9H,7H2,1-4H3;3-6H,1-2H3;4,6H,5H2,1-3H3;1-2H3;1H3;;/q-2;;-1;;-1;2*+2/t8-,9?;;6-;;;;/m0.0..../s1. The summed E-state index contributed by atoms with van der Waals surface area (Å²) in [6.07, 6.45) is 9.32. The van der Waals surface area contributed by atoms with Crippen LogP contribution < -0.4 is 0 Å². The average molecular weight is 730 g/mol. The van der Waals surface area contributed by atoms with Crippen LogP contribution in [0.15, 0.2) is 24.3 Å². The van der Waals surface area contributed by atoms with Crippen LogP contribution in [0.5, 0.6) is 0 Å². The van der Waals surface area contributed by atoms with Crippen molar-refractivity contribution in [2.75, 3.05) is 0 Å². The Morgan fingerprint density at radius 2 is 1.00 bits per heavy atom. The largest absolute Gasteiger partial charge is 2.00 e. The molecule has 0 heterocycles. The van der Waals surface area contributed by atoms with Crippen molar-refractivity contribution in [3.8, 4) is 0 Å². The fourth-order valence-electron chi connectivity index (χ4n) is 1.76. The summed E-state index contributed by atoms with van der Waals surface area (Å²) in [5.41, 5.74) is 2.74. The van der Waals surface area contributed by atoms with Gasteiger partial charge in [-0.3, -0.25) is 0 Å². The number of aryl methyl sites for hydroxylation is 2. The third-order valence-corrected chi connectivity index (χ3v) is 4.52. The van der Waals surface area contributed by atoms with E-state index in [9.17, 15) is 0 Å². The Bertz CT molecular complexity index is 330. The van der Waals surface area contributed by atoms with E-state index in [1.807, 2.05) is 13.8 Å². The van der Waals surface area contributed by atoms with Crippen LogP contribution in [0.2, 0.25) is 0 Å². The van der Waals surface area contributed by atoms with Crippen LogP contribution in [-0.2, 0) is 42.1 Å². The molecule has 0 N–H and O–H groups in total. The summed E-state index contributed by atoms with van der Waals surface area (Å²) < 4.78 is 0. The number of hydrogen-bond donors (Lipinski definition) is 0. The first-order valence-corrected chi connectivity index (χ1v) is 10.2. The predicted molar refractivity (Wildman–Crippen MR) is 126 cm³/mol. The first-order valence-electron chi connectivity index (χ1n) is 10.2. The van der Waals surface area contributed by atoms with E-state index in [1.165, 1.54) is 24.0 Å². The Labute approximate surface area is 210 Å². The molecule has 0 radical (unpaired) electrons. The Balaban J connectivity index is -0.0000000598. The normalized spacial score (nSPS) is 11.5. The van der Waals surface area contributed by atoms with Crippen LogP contribution in [0.4, 0.5) is 0 Å². The zero-order chi connectivity index (χ0) is 20.3. The molecule has 166 valence electrons. The van der Waals surface area contributed by atoms with Crippen LogP contribution in [0.25, 0.3) is 0 Å². The van der Waals surface area contributed by atoms with Gasteiger partial charge in [-0.05, 0) is 25.0 Å². The van der Waals surface area contributed by atoms with Crippen molar-refractivity contribution in [2.45, 2.75) is 89.0 Å². The number of rotatable bonds is 6. The second-order valence-electron chi connectivity index (χ2n) is 6.66. The maximum absolute atomic E-state index is 2.26. The monoisotopic (exact) mass is 730 g/mol. The van der Waals surface area contributed by atoms with Gasteiger partial charge in [0.25, 0.3) is 0 Å². The van der Waals surface area contributed by atoms with E-state index in [-0.39, 0.29) is 49.6 Å². The van der Waals surface area contributed by atoms with Crippen LogP contribution in [0.1, 0.15) is 86.3 Å². The van der Waals surface area contributed by atoms with Gasteiger partial charge in [0.05, 0.1) is 0 Å². The minimum absolute atomic E-state index is 0. The van der Waals surface area contributed by atoms with Gasteiger partial charge >= 0.3 is 42.1 Å². The SMILES string of the molecule is CC.C[CH-]C(C)C[C@@H](C)[CH-]C.C[CH-][C@H](C)CC.Cc1ccccc1C.[CH3-].[W+2].[W+2]. The zero-order valence-corrected chi connectivity index (χ0v) is 26.9. The molecule has 0 nitrogen and oxygen atoms in total. The summed E-state index contributed by atoms with van der Waals surface area (Å²) in [6, 6.07) is 8.36. The van der Waals surface area contributed by atoms with E-state index in [1.54, 1.807) is 0 Å². The van der Waals surface area contributed by atoms with Crippen molar-refractivity contribution < 1.29 is 42.1 Å². The Morgan fingerprint density at radius 1 is 0.714 bits per heavy atom. The second kappa shape index (κ2) is 32.3. The smallest absolute Gasteiger partial charge is 0.358 e. The third-order valence-electron chi connectivity index (χ3n) is 4.52. The molecule has 0 aromatic heterocycles. The summed E-state index contributed by atoms with van der Waals surface area (Å²) in [6.45, 7) is 23.6. The van der Waals surface area contributed by atoms with Crippen molar-refractivity contribution in [1.29, 1.82) is 0 Å². The van der Waals surface area contributed by atoms with Crippen LogP contribution in [0, 0.1) is 58.3 Å². The summed E-state index contributed by atoms with van der Waals surface area (Å²) in [7, 11) is 0. The summed E-state index contributed by atoms with van der Waals surface area (Å²) >= 11 is 0. The van der Waals surface area contributed by atoms with Crippen LogP contribution >= 0.6 is 0 Å². The van der Waals surface area contributed by atoms with Crippen molar-refractivity contribution in [1.82, 2.24) is 0 Å². The number of benzene rings is 1. The van der Waals surface area contributed by atoms with E-state index < -0.39 is 0 Å². The third kappa shape index (κ3) is 31.3. The van der Waals surface area contributed by atoms with Gasteiger partial charge in [0.15, 0.2) is 0 Å². The molecule has 0 spiro atoms. The van der Waals surface area contributed by atoms with Crippen LogP contribution in [0.3, 0.4) is 0 Å². The summed E-state index contributed by atoms with van der Waals surface area (Å²) in [4.78, 5) is 0. The van der Waals surface area contributed by atoms with Gasteiger partial charge < -0.3 is 26.7 Å². The van der Waals surface area contributed by atoms with Gasteiger partial charge in [-0.25, -0.2) is 0 Å². The topological polar surface area (TPSA) is 0 Å². The zero-order valence-electron chi connectivity index (χ0n) is 21.0. The Morgan fingerprint density at radius 3 is 1.14 bits per heavy atom. The quantitative estimate of drug-likeness (QED) is 0.257. The van der Waals surface area contributed by atoms with E-state index in [2.05, 4.69) is 106 Å². The molecule has 1 aromatic rings. The summed E-state index contributed by atoms with van der Waals surface area (Å²) in [5, 5.41) is 0. The minimum Gasteiger partial charge on any atom is -0.358 e. The van der Waals surface area contributed by atoms with Gasteiger partial charge in [0.2, 0.25) is 0 Å². The van der Waals surface area contributed by atoms with E-state index in [4.69, 9.17) is 0 Å². The molecule has 0 fully saturated rings. The molecule has 0 saturated heterocycles. The first kappa shape index (κ1) is 42.7. The van der Waals surface area contributed by atoms with Gasteiger partial charge in [-0.1, -0.05) is 72.2 Å². The maximum Gasteiger partial charge on any atom is 2.00 e. The van der Waals surface area contributed by atoms with Gasteiger partial charge in [-0.15, -0.1) is 6.42 Å². The van der Waals surface area contributed by atoms with E-state index in [0.717, 1.165) is 17.8 Å². The molecule has 28 heavy (non-hydrogen) atoms. The molecule has 0 aliphatic heterocycles. The predicted octanol–water partition coefficient (Wildman–Crippen LogP) is 9.13. The molecular weight excluding hydrogens is 680 g/mol. The van der Waals surface area contributed by atoms with Crippen molar-refractivity contribution in [2.24, 2.45) is 17.8 Å². The fraction of sp³-hybridized carbons (Fsp3) is 0.615. The molecule has 1 unspecified atom stereocenters. The molecule has 0 bridgehead atoms. The van der Waals surface area contributed by atoms with Gasteiger partial charge in [-0.2, -0.15) is 38.5 Å². The van der Waals surface area contributed by atoms with Gasteiger partial charge in [0.1, 0.15) is 0 Å². The summed E-state index contributed by atoms with van der Waals surface area (Å²) in [5.74, 6) is 2.36. The first-order chi connectivity index (χ1) is 11.8. The van der Waals surface area contributed by atoms with E-state index >= 15 is 0 Å². The second-order valence-corrected chi connectivity index (χ2v) is 6.66. The molecule has 0 saturated carbocycles. The molecule has 2 heteroatoms. The maximum atomic E-state index is 2.26. The molecule has 1 rings (SSSR count).